The van der Waals surface area contributed by atoms with Crippen LogP contribution in [0.1, 0.15) is 49.2 Å². The molecule has 12 nitrogen and oxygen atoms in total. The number of phenols is 1. The van der Waals surface area contributed by atoms with Gasteiger partial charge in [-0.2, -0.15) is 0 Å². The first kappa shape index (κ1) is 30.4. The first-order valence-electron chi connectivity index (χ1n) is 10.7. The number of nitrogens with one attached hydrogen (secondary N) is 2. The van der Waals surface area contributed by atoms with Crippen LogP contribution in [0.2, 0.25) is 10.0 Å². The first-order valence-corrected chi connectivity index (χ1v) is 11.4. The van der Waals surface area contributed by atoms with Gasteiger partial charge in [0, 0.05) is 22.8 Å². The number of halogens is 2. The molecule has 0 bridgehead atoms. The molecule has 14 heteroatoms. The van der Waals surface area contributed by atoms with Crippen LogP contribution in [-0.2, 0) is 14.3 Å². The number of hydrogen-bond acceptors (Lipinski definition) is 9. The Balaban J connectivity index is 0.00000316. The molecule has 1 unspecified atom stereocenters. The lowest BCUT2D eigenvalue weighted by molar-refractivity contribution is -0.386. The molecule has 0 aliphatic rings. The van der Waals surface area contributed by atoms with Crippen LogP contribution in [0.5, 0.6) is 11.6 Å². The number of nitrogens with zero attached hydrogens (tertiary/aromatic N) is 2. The summed E-state index contributed by atoms with van der Waals surface area (Å²) in [6, 6.07) is 2.49. The molecule has 0 aliphatic carbocycles. The number of phenolic OH excluding ortho intramolecular Hbond substituents is 1. The van der Waals surface area contributed by atoms with E-state index in [0.717, 1.165) is 12.3 Å². The van der Waals surface area contributed by atoms with Gasteiger partial charge in [0.15, 0.2) is 0 Å². The zero-order valence-corrected chi connectivity index (χ0v) is 21.5. The van der Waals surface area contributed by atoms with Crippen molar-refractivity contribution in [2.24, 2.45) is 0 Å². The van der Waals surface area contributed by atoms with Gasteiger partial charge < -0.3 is 25.2 Å². The summed E-state index contributed by atoms with van der Waals surface area (Å²) in [5.74, 6) is -2.88. The molecule has 196 valence electrons. The minimum absolute atomic E-state index is 0.0696. The number of hydrogen-bond donors (Lipinski definition) is 3. The number of aromatic hydroxyl groups is 1. The molecule has 0 spiro atoms. The monoisotopic (exact) mass is 544 g/mol. The molecular weight excluding hydrogens is 519 g/mol. The van der Waals surface area contributed by atoms with Crippen LogP contribution in [0.15, 0.2) is 24.4 Å². The number of rotatable bonds is 10. The van der Waals surface area contributed by atoms with Crippen LogP contribution in [-0.4, -0.2) is 53.1 Å². The fraction of sp³-hybridized carbons (Fsp3) is 0.364. The topological polar surface area (TPSA) is 170 Å². The van der Waals surface area contributed by atoms with Gasteiger partial charge in [0.2, 0.25) is 5.91 Å². The van der Waals surface area contributed by atoms with Crippen molar-refractivity contribution >= 4 is 46.7 Å². The van der Waals surface area contributed by atoms with Crippen molar-refractivity contribution in [3.63, 3.8) is 0 Å². The molecule has 0 fully saturated rings. The van der Waals surface area contributed by atoms with Crippen LogP contribution in [0, 0.1) is 10.1 Å². The van der Waals surface area contributed by atoms with Crippen LogP contribution in [0.3, 0.4) is 0 Å². The highest BCUT2D eigenvalue weighted by Gasteiger charge is 2.25. The van der Waals surface area contributed by atoms with Gasteiger partial charge in [-0.25, -0.2) is 4.98 Å². The highest BCUT2D eigenvalue weighted by atomic mass is 35.5. The van der Waals surface area contributed by atoms with E-state index < -0.39 is 41.0 Å². The molecule has 0 saturated heterocycles. The minimum Gasteiger partial charge on any atom is -0.506 e. The summed E-state index contributed by atoms with van der Waals surface area (Å²) < 4.78 is 9.68. The van der Waals surface area contributed by atoms with Gasteiger partial charge in [0.25, 0.3) is 11.8 Å². The number of esters is 1. The van der Waals surface area contributed by atoms with Crippen molar-refractivity contribution in [1.82, 2.24) is 15.6 Å². The minimum atomic E-state index is -1.08. The molecule has 36 heavy (non-hydrogen) atoms. The standard InChI is InChI=1S/C20H20Cl2N4O8.C2H6/c1-3-34-17(28)7-14(12-5-11(21)6-13(22)18(12)29)25-16(27)9-23-19(30)10-4-15(26(31)32)20(33-2)24-8-10;1-2/h4-6,8,14,29H,3,7,9H2,1-2H3,(H,23,30)(H,25,27);1-2H3. The number of amides is 2. The second-order valence-electron chi connectivity index (χ2n) is 6.65. The van der Waals surface area contributed by atoms with E-state index in [1.807, 2.05) is 13.8 Å². The van der Waals surface area contributed by atoms with E-state index in [4.69, 9.17) is 32.7 Å². The maximum atomic E-state index is 12.5. The quantitative estimate of drug-likeness (QED) is 0.229. The van der Waals surface area contributed by atoms with E-state index in [1.165, 1.54) is 19.2 Å². The van der Waals surface area contributed by atoms with E-state index in [9.17, 15) is 29.6 Å². The van der Waals surface area contributed by atoms with Gasteiger partial charge in [-0.3, -0.25) is 24.5 Å². The lowest BCUT2D eigenvalue weighted by Gasteiger charge is -2.20. The average Bonchev–Trinajstić information content (AvgIpc) is 2.85. The molecule has 0 aliphatic heterocycles. The molecule has 0 radical (unpaired) electrons. The number of carbonyl (C=O) groups excluding carboxylic acids is 3. The van der Waals surface area contributed by atoms with Crippen LogP contribution in [0.4, 0.5) is 5.69 Å². The third kappa shape index (κ3) is 8.54. The Hall–Kier alpha value is -3.64. The SMILES string of the molecule is CC.CCOC(=O)CC(NC(=O)CNC(=O)c1cnc(OC)c([N+](=O)[O-])c1)c1cc(Cl)cc(Cl)c1O. The molecule has 3 N–H and O–H groups in total. The second kappa shape index (κ2) is 14.7. The van der Waals surface area contributed by atoms with Crippen molar-refractivity contribution in [3.05, 3.63) is 55.7 Å². The molecule has 1 heterocycles. The van der Waals surface area contributed by atoms with Gasteiger partial charge >= 0.3 is 11.7 Å². The Labute approximate surface area is 217 Å². The number of carbonyl (C=O) groups is 3. The summed E-state index contributed by atoms with van der Waals surface area (Å²) in [5, 5.41) is 26.2. The maximum Gasteiger partial charge on any atom is 0.331 e. The smallest absolute Gasteiger partial charge is 0.331 e. The highest BCUT2D eigenvalue weighted by Crippen LogP contribution is 2.36. The average molecular weight is 545 g/mol. The van der Waals surface area contributed by atoms with E-state index in [-0.39, 0.29) is 45.8 Å². The number of pyridine rings is 1. The predicted octanol–water partition coefficient (Wildman–Crippen LogP) is 3.58. The normalized spacial score (nSPS) is 10.8. The van der Waals surface area contributed by atoms with Gasteiger partial charge in [-0.1, -0.05) is 37.0 Å². The lowest BCUT2D eigenvalue weighted by atomic mass is 10.0. The zero-order chi connectivity index (χ0) is 27.4. The number of benzene rings is 1. The third-order valence-corrected chi connectivity index (χ3v) is 4.84. The molecule has 1 aromatic heterocycles. The predicted molar refractivity (Wildman–Crippen MR) is 131 cm³/mol. The zero-order valence-electron chi connectivity index (χ0n) is 20.0. The Kier molecular flexibility index (Phi) is 12.4. The van der Waals surface area contributed by atoms with Crippen LogP contribution < -0.4 is 15.4 Å². The Morgan fingerprint density at radius 2 is 1.89 bits per heavy atom. The summed E-state index contributed by atoms with van der Waals surface area (Å²) in [6.07, 6.45) is 0.695. The van der Waals surface area contributed by atoms with Crippen molar-refractivity contribution in [1.29, 1.82) is 0 Å². The van der Waals surface area contributed by atoms with Crippen molar-refractivity contribution in [2.45, 2.75) is 33.2 Å². The van der Waals surface area contributed by atoms with E-state index in [1.54, 1.807) is 6.92 Å². The van der Waals surface area contributed by atoms with E-state index in [0.29, 0.717) is 0 Å². The van der Waals surface area contributed by atoms with Crippen LogP contribution >= 0.6 is 23.2 Å². The molecule has 1 aromatic carbocycles. The van der Waals surface area contributed by atoms with Gasteiger partial charge in [0.1, 0.15) is 5.75 Å². The van der Waals surface area contributed by atoms with Crippen molar-refractivity contribution < 1.29 is 33.9 Å². The molecule has 2 aromatic rings. The summed E-state index contributed by atoms with van der Waals surface area (Å²) in [6.45, 7) is 5.14. The van der Waals surface area contributed by atoms with Crippen molar-refractivity contribution in [2.75, 3.05) is 20.3 Å². The van der Waals surface area contributed by atoms with Gasteiger partial charge in [0.05, 0.1) is 48.2 Å². The van der Waals surface area contributed by atoms with Crippen LogP contribution in [0.25, 0.3) is 0 Å². The molecule has 2 rings (SSSR count). The summed E-state index contributed by atoms with van der Waals surface area (Å²) >= 11 is 11.9. The second-order valence-corrected chi connectivity index (χ2v) is 7.49. The number of nitro groups is 1. The lowest BCUT2D eigenvalue weighted by Crippen LogP contribution is -2.39. The Morgan fingerprint density at radius 3 is 2.47 bits per heavy atom. The summed E-state index contributed by atoms with van der Waals surface area (Å²) in [4.78, 5) is 50.9. The van der Waals surface area contributed by atoms with Gasteiger partial charge in [-0.15, -0.1) is 0 Å². The van der Waals surface area contributed by atoms with Gasteiger partial charge in [-0.05, 0) is 19.1 Å². The molecular formula is C22H26Cl2N4O8. The fourth-order valence-electron chi connectivity index (χ4n) is 2.84. The third-order valence-electron chi connectivity index (χ3n) is 4.34. The fourth-order valence-corrected chi connectivity index (χ4v) is 3.35. The Bertz CT molecular complexity index is 1110. The molecule has 0 saturated carbocycles. The van der Waals surface area contributed by atoms with E-state index >= 15 is 0 Å². The summed E-state index contributed by atoms with van der Waals surface area (Å²) in [7, 11) is 1.19. The number of aromatic nitrogens is 1. The Morgan fingerprint density at radius 1 is 1.22 bits per heavy atom. The highest BCUT2D eigenvalue weighted by molar-refractivity contribution is 6.35. The molecule has 1 atom stereocenters. The molecule has 2 amide bonds. The maximum absolute atomic E-state index is 12.5. The largest absolute Gasteiger partial charge is 0.506 e. The van der Waals surface area contributed by atoms with Crippen molar-refractivity contribution in [3.8, 4) is 11.6 Å². The number of ether oxygens (including phenoxy) is 2. The van der Waals surface area contributed by atoms with E-state index in [2.05, 4.69) is 15.6 Å². The number of methoxy groups -OCH3 is 1. The first-order chi connectivity index (χ1) is 17.1. The summed E-state index contributed by atoms with van der Waals surface area (Å²) in [5.41, 5.74) is -0.634.